The molecule has 0 unspecified atom stereocenters. The Kier molecular flexibility index (Phi) is 5.62. The summed E-state index contributed by atoms with van der Waals surface area (Å²) in [6, 6.07) is 0. The molecule has 0 amide bonds. The molecule has 1 rings (SSSR count). The summed E-state index contributed by atoms with van der Waals surface area (Å²) in [7, 11) is 13.6. The van der Waals surface area contributed by atoms with Crippen molar-refractivity contribution in [2.75, 3.05) is 42.3 Å². The van der Waals surface area contributed by atoms with Crippen LogP contribution >= 0.6 is 0 Å². The molecule has 0 bridgehead atoms. The van der Waals surface area contributed by atoms with E-state index in [-0.39, 0.29) is 3.17 Å². The van der Waals surface area contributed by atoms with Crippen LogP contribution in [0.15, 0.2) is 24.3 Å². The monoisotopic (exact) mass is 447 g/mol. The van der Waals surface area contributed by atoms with Crippen LogP contribution < -0.4 is 0 Å². The maximum atomic E-state index is 2.55. The van der Waals surface area contributed by atoms with Crippen LogP contribution in [0.25, 0.3) is 0 Å². The molecule has 0 saturated heterocycles. The maximum absolute atomic E-state index is 3.13. The van der Waals surface area contributed by atoms with Crippen molar-refractivity contribution < 1.29 is 20.8 Å². The molecule has 0 aromatic carbocycles. The van der Waals surface area contributed by atoms with E-state index >= 15 is 0 Å². The molecule has 0 aromatic heterocycles. The van der Waals surface area contributed by atoms with E-state index in [1.165, 1.54) is 6.42 Å². The zero-order valence-corrected chi connectivity index (χ0v) is 18.5. The van der Waals surface area contributed by atoms with Crippen LogP contribution in [0.2, 0.25) is 3.17 Å². The first-order valence-electron chi connectivity index (χ1n) is 7.39. The van der Waals surface area contributed by atoms with Crippen molar-refractivity contribution in [3.05, 3.63) is 24.3 Å². The number of allylic oxidation sites excluding steroid dienone is 4. The van der Waals surface area contributed by atoms with Gasteiger partial charge in [0.15, 0.2) is 0 Å². The van der Waals surface area contributed by atoms with Crippen LogP contribution in [0, 0.1) is 5.41 Å². The fraction of sp³-hybridized carbons (Fsp3) is 0.750. The minimum absolute atomic E-state index is 0.196. The molecular formula is C16H33HfN3. The summed E-state index contributed by atoms with van der Waals surface area (Å²) in [4.78, 5) is 0. The van der Waals surface area contributed by atoms with Crippen molar-refractivity contribution in [2.24, 2.45) is 5.41 Å². The standard InChI is InChI=1S/C10H15.3C2H6N.Hf/c1-10(2,3)8-9-6-4-5-7-9;3*1-3-2;/h4-7H,8H2,1-3H3;3*1-2H3;/q;3*-1;+3. The van der Waals surface area contributed by atoms with E-state index in [1.54, 1.807) is 0 Å². The van der Waals surface area contributed by atoms with E-state index < -0.39 is 20.8 Å². The fourth-order valence-electron chi connectivity index (χ4n) is 4.30. The molecule has 0 fully saturated rings. The van der Waals surface area contributed by atoms with E-state index in [0.29, 0.717) is 5.41 Å². The number of hydrogen-bond donors (Lipinski definition) is 0. The third kappa shape index (κ3) is 3.03. The predicted octanol–water partition coefficient (Wildman–Crippen LogP) is 3.29. The summed E-state index contributed by atoms with van der Waals surface area (Å²) in [5.41, 5.74) is 0.312. The van der Waals surface area contributed by atoms with Gasteiger partial charge < -0.3 is 0 Å². The minimum atomic E-state index is -3.13. The molecule has 0 saturated carbocycles. The Morgan fingerprint density at radius 2 is 1.15 bits per heavy atom. The second-order valence-electron chi connectivity index (χ2n) is 7.81. The zero-order chi connectivity index (χ0) is 15.8. The van der Waals surface area contributed by atoms with Gasteiger partial charge >= 0.3 is 132 Å². The normalized spacial score (nSPS) is 18.8. The van der Waals surface area contributed by atoms with Crippen molar-refractivity contribution >= 4 is 0 Å². The Balaban J connectivity index is 3.49. The molecule has 1 aliphatic rings. The van der Waals surface area contributed by atoms with Gasteiger partial charge in [-0.1, -0.05) is 0 Å². The van der Waals surface area contributed by atoms with Crippen LogP contribution in [0.4, 0.5) is 0 Å². The molecule has 0 atom stereocenters. The van der Waals surface area contributed by atoms with Crippen LogP contribution in [0.3, 0.4) is 0 Å². The van der Waals surface area contributed by atoms with E-state index in [1.807, 2.05) is 0 Å². The Morgan fingerprint density at radius 1 is 0.800 bits per heavy atom. The van der Waals surface area contributed by atoms with Crippen molar-refractivity contribution in [3.8, 4) is 0 Å². The van der Waals surface area contributed by atoms with E-state index in [0.717, 1.165) is 0 Å². The van der Waals surface area contributed by atoms with Crippen LogP contribution in [0.1, 0.15) is 27.2 Å². The third-order valence-electron chi connectivity index (χ3n) is 4.22. The molecule has 0 aliphatic heterocycles. The Bertz CT molecular complexity index is 355. The number of nitrogens with zero attached hydrogens (tertiary/aromatic N) is 3. The molecule has 1 aliphatic carbocycles. The van der Waals surface area contributed by atoms with Gasteiger partial charge in [0, 0.05) is 0 Å². The van der Waals surface area contributed by atoms with Gasteiger partial charge in [-0.05, 0) is 0 Å². The summed E-state index contributed by atoms with van der Waals surface area (Å²) in [6.07, 6.45) is 10.6. The summed E-state index contributed by atoms with van der Waals surface area (Å²) in [6.45, 7) is 7.07. The Hall–Kier alpha value is 0.230. The van der Waals surface area contributed by atoms with Crippen molar-refractivity contribution in [3.63, 3.8) is 0 Å². The third-order valence-corrected chi connectivity index (χ3v) is 24.0. The van der Waals surface area contributed by atoms with Gasteiger partial charge in [-0.2, -0.15) is 0 Å². The predicted molar refractivity (Wildman–Crippen MR) is 86.1 cm³/mol. The van der Waals surface area contributed by atoms with Crippen molar-refractivity contribution in [1.29, 1.82) is 0 Å². The average Bonchev–Trinajstić information content (AvgIpc) is 2.62. The molecule has 3 nitrogen and oxygen atoms in total. The molecule has 0 spiro atoms. The van der Waals surface area contributed by atoms with Gasteiger partial charge in [-0.15, -0.1) is 0 Å². The SMILES string of the molecule is C[N](C)[Hf]([N](C)C)([N](C)C)[C]1(CC(C)(C)C)C=CC=C1. The molecular weight excluding hydrogens is 413 g/mol. The Morgan fingerprint density at radius 3 is 1.40 bits per heavy atom. The first kappa shape index (κ1) is 18.3. The van der Waals surface area contributed by atoms with Crippen LogP contribution in [-0.4, -0.2) is 50.9 Å². The molecule has 20 heavy (non-hydrogen) atoms. The second-order valence-corrected chi connectivity index (χ2v) is 25.4. The van der Waals surface area contributed by atoms with Gasteiger partial charge in [0.2, 0.25) is 0 Å². The number of rotatable bonds is 5. The van der Waals surface area contributed by atoms with Gasteiger partial charge in [-0.25, -0.2) is 0 Å². The van der Waals surface area contributed by atoms with Gasteiger partial charge in [0.1, 0.15) is 0 Å². The summed E-state index contributed by atoms with van der Waals surface area (Å²) in [5.74, 6) is 0. The molecule has 116 valence electrons. The van der Waals surface area contributed by atoms with Crippen LogP contribution in [0.5, 0.6) is 0 Å². The fourth-order valence-corrected chi connectivity index (χ4v) is 26.9. The number of hydrogen-bond acceptors (Lipinski definition) is 3. The van der Waals surface area contributed by atoms with Gasteiger partial charge in [0.25, 0.3) is 0 Å². The Labute approximate surface area is 131 Å². The first-order valence-corrected chi connectivity index (χ1v) is 14.0. The zero-order valence-electron chi connectivity index (χ0n) is 14.9. The van der Waals surface area contributed by atoms with Crippen molar-refractivity contribution in [2.45, 2.75) is 30.4 Å². The average molecular weight is 446 g/mol. The van der Waals surface area contributed by atoms with Crippen LogP contribution in [-0.2, 0) is 20.8 Å². The van der Waals surface area contributed by atoms with E-state index in [2.05, 4.69) is 96.0 Å². The first-order chi connectivity index (χ1) is 8.99. The van der Waals surface area contributed by atoms with Crippen molar-refractivity contribution in [1.82, 2.24) is 8.66 Å². The molecule has 0 heterocycles. The van der Waals surface area contributed by atoms with E-state index in [4.69, 9.17) is 0 Å². The topological polar surface area (TPSA) is 9.72 Å². The van der Waals surface area contributed by atoms with E-state index in [9.17, 15) is 0 Å². The molecule has 4 heteroatoms. The summed E-state index contributed by atoms with van der Waals surface area (Å²) >= 11 is -3.13. The summed E-state index contributed by atoms with van der Waals surface area (Å²) in [5, 5.41) is 0. The van der Waals surface area contributed by atoms with Gasteiger partial charge in [-0.3, -0.25) is 0 Å². The second kappa shape index (κ2) is 6.15. The molecule has 0 radical (unpaired) electrons. The molecule has 0 aromatic rings. The molecule has 0 N–H and O–H groups in total. The van der Waals surface area contributed by atoms with Gasteiger partial charge in [0.05, 0.1) is 0 Å². The summed E-state index contributed by atoms with van der Waals surface area (Å²) < 4.78 is 7.86. The quantitative estimate of drug-likeness (QED) is 0.601.